The van der Waals surface area contributed by atoms with Crippen LogP contribution in [0, 0.1) is 17.1 Å². The van der Waals surface area contributed by atoms with Gasteiger partial charge in [0.2, 0.25) is 5.88 Å². The van der Waals surface area contributed by atoms with Gasteiger partial charge in [0.05, 0.1) is 12.7 Å². The maximum Gasteiger partial charge on any atom is 0.213 e. The highest BCUT2D eigenvalue weighted by atomic mass is 19.1. The summed E-state index contributed by atoms with van der Waals surface area (Å²) >= 11 is 0. The largest absolute Gasteiger partial charge is 0.481 e. The molecule has 2 rings (SSSR count). The SMILES string of the molecule is COc1cc(CNCc2cccc(C#N)c2F)ccn1. The van der Waals surface area contributed by atoms with Gasteiger partial charge in [0.15, 0.2) is 0 Å². The summed E-state index contributed by atoms with van der Waals surface area (Å²) in [4.78, 5) is 4.01. The van der Waals surface area contributed by atoms with Crippen molar-refractivity contribution >= 4 is 0 Å². The standard InChI is InChI=1S/C15H14FN3O/c1-20-14-7-11(5-6-19-14)9-18-10-13-4-2-3-12(8-17)15(13)16/h2-7,18H,9-10H2,1H3. The van der Waals surface area contributed by atoms with Crippen molar-refractivity contribution in [3.63, 3.8) is 0 Å². The summed E-state index contributed by atoms with van der Waals surface area (Å²) in [5.41, 5.74) is 1.54. The first-order chi connectivity index (χ1) is 9.74. The van der Waals surface area contributed by atoms with Gasteiger partial charge in [-0.05, 0) is 17.7 Å². The van der Waals surface area contributed by atoms with Crippen LogP contribution in [0.1, 0.15) is 16.7 Å². The zero-order chi connectivity index (χ0) is 14.4. The van der Waals surface area contributed by atoms with Crippen molar-refractivity contribution in [2.75, 3.05) is 7.11 Å². The van der Waals surface area contributed by atoms with Crippen LogP contribution in [-0.4, -0.2) is 12.1 Å². The lowest BCUT2D eigenvalue weighted by molar-refractivity contribution is 0.397. The lowest BCUT2D eigenvalue weighted by Crippen LogP contribution is -2.14. The molecule has 1 N–H and O–H groups in total. The fourth-order valence-corrected chi connectivity index (χ4v) is 1.82. The third kappa shape index (κ3) is 3.31. The molecule has 0 spiro atoms. The van der Waals surface area contributed by atoms with Crippen molar-refractivity contribution in [2.24, 2.45) is 0 Å². The minimum atomic E-state index is -0.463. The summed E-state index contributed by atoms with van der Waals surface area (Å²) in [6.45, 7) is 0.918. The molecule has 4 nitrogen and oxygen atoms in total. The Labute approximate surface area is 116 Å². The van der Waals surface area contributed by atoms with Gasteiger partial charge in [-0.25, -0.2) is 9.37 Å². The number of nitrogens with zero attached hydrogens (tertiary/aromatic N) is 2. The monoisotopic (exact) mass is 271 g/mol. The van der Waals surface area contributed by atoms with Crippen LogP contribution >= 0.6 is 0 Å². The average molecular weight is 271 g/mol. The van der Waals surface area contributed by atoms with Gasteiger partial charge in [-0.15, -0.1) is 0 Å². The topological polar surface area (TPSA) is 57.9 Å². The number of hydrogen-bond acceptors (Lipinski definition) is 4. The van der Waals surface area contributed by atoms with Gasteiger partial charge in [0.25, 0.3) is 0 Å². The molecule has 1 aromatic carbocycles. The molecule has 0 aliphatic rings. The molecule has 2 aromatic rings. The molecule has 0 aliphatic heterocycles. The van der Waals surface area contributed by atoms with E-state index in [1.807, 2.05) is 18.2 Å². The second kappa shape index (κ2) is 6.64. The molecule has 20 heavy (non-hydrogen) atoms. The number of halogens is 1. The third-order valence-corrected chi connectivity index (χ3v) is 2.85. The van der Waals surface area contributed by atoms with Gasteiger partial charge >= 0.3 is 0 Å². The van der Waals surface area contributed by atoms with Crippen molar-refractivity contribution in [3.8, 4) is 11.9 Å². The fourth-order valence-electron chi connectivity index (χ4n) is 1.82. The summed E-state index contributed by atoms with van der Waals surface area (Å²) in [7, 11) is 1.56. The van der Waals surface area contributed by atoms with Crippen LogP contribution < -0.4 is 10.1 Å². The van der Waals surface area contributed by atoms with Gasteiger partial charge < -0.3 is 10.1 Å². The minimum Gasteiger partial charge on any atom is -0.481 e. The van der Waals surface area contributed by atoms with E-state index in [2.05, 4.69) is 10.3 Å². The zero-order valence-electron chi connectivity index (χ0n) is 11.1. The summed E-state index contributed by atoms with van der Waals surface area (Å²) in [6.07, 6.45) is 1.66. The summed E-state index contributed by atoms with van der Waals surface area (Å²) < 4.78 is 18.9. The van der Waals surface area contributed by atoms with E-state index in [-0.39, 0.29) is 5.56 Å². The highest BCUT2D eigenvalue weighted by molar-refractivity contribution is 5.34. The van der Waals surface area contributed by atoms with Crippen LogP contribution in [0.3, 0.4) is 0 Å². The van der Waals surface area contributed by atoms with E-state index in [4.69, 9.17) is 10.00 Å². The van der Waals surface area contributed by atoms with E-state index in [0.29, 0.717) is 24.5 Å². The molecular weight excluding hydrogens is 257 g/mol. The van der Waals surface area contributed by atoms with E-state index in [1.165, 1.54) is 6.07 Å². The Balaban J connectivity index is 1.98. The number of benzene rings is 1. The van der Waals surface area contributed by atoms with Crippen molar-refractivity contribution in [1.29, 1.82) is 5.26 Å². The highest BCUT2D eigenvalue weighted by Crippen LogP contribution is 2.12. The van der Waals surface area contributed by atoms with Crippen molar-refractivity contribution in [3.05, 3.63) is 59.0 Å². The van der Waals surface area contributed by atoms with E-state index in [0.717, 1.165) is 5.56 Å². The highest BCUT2D eigenvalue weighted by Gasteiger charge is 2.06. The number of nitriles is 1. The molecule has 0 unspecified atom stereocenters. The third-order valence-electron chi connectivity index (χ3n) is 2.85. The molecule has 0 bridgehead atoms. The first-order valence-corrected chi connectivity index (χ1v) is 6.11. The number of nitrogens with one attached hydrogen (secondary N) is 1. The molecule has 5 heteroatoms. The smallest absolute Gasteiger partial charge is 0.213 e. The number of ether oxygens (including phenoxy) is 1. The van der Waals surface area contributed by atoms with Gasteiger partial charge in [-0.2, -0.15) is 5.26 Å². The van der Waals surface area contributed by atoms with E-state index in [9.17, 15) is 4.39 Å². The zero-order valence-corrected chi connectivity index (χ0v) is 11.1. The number of methoxy groups -OCH3 is 1. The van der Waals surface area contributed by atoms with E-state index >= 15 is 0 Å². The van der Waals surface area contributed by atoms with Crippen molar-refractivity contribution in [1.82, 2.24) is 10.3 Å². The van der Waals surface area contributed by atoms with Crippen molar-refractivity contribution in [2.45, 2.75) is 13.1 Å². The molecule has 0 amide bonds. The predicted molar refractivity (Wildman–Crippen MR) is 72.4 cm³/mol. The minimum absolute atomic E-state index is 0.0647. The van der Waals surface area contributed by atoms with Crippen LogP contribution in [-0.2, 0) is 13.1 Å². The Kier molecular flexibility index (Phi) is 4.64. The summed E-state index contributed by atoms with van der Waals surface area (Å²) in [5, 5.41) is 11.9. The molecule has 102 valence electrons. The Hall–Kier alpha value is -2.45. The van der Waals surface area contributed by atoms with E-state index < -0.39 is 5.82 Å². The Bertz CT molecular complexity index is 637. The first kappa shape index (κ1) is 14.0. The number of pyridine rings is 1. The Morgan fingerprint density at radius 1 is 1.35 bits per heavy atom. The van der Waals surface area contributed by atoms with Gasteiger partial charge in [-0.3, -0.25) is 0 Å². The molecule has 0 fully saturated rings. The maximum absolute atomic E-state index is 13.8. The molecule has 1 aromatic heterocycles. The maximum atomic E-state index is 13.8. The van der Waals surface area contributed by atoms with Crippen LogP contribution in [0.2, 0.25) is 0 Å². The number of aromatic nitrogens is 1. The summed E-state index contributed by atoms with van der Waals surface area (Å²) in [6, 6.07) is 10.3. The van der Waals surface area contributed by atoms with Crippen LogP contribution in [0.4, 0.5) is 4.39 Å². The van der Waals surface area contributed by atoms with Crippen molar-refractivity contribution < 1.29 is 9.13 Å². The molecule has 1 heterocycles. The predicted octanol–water partition coefficient (Wildman–Crippen LogP) is 2.39. The van der Waals surface area contributed by atoms with Crippen LogP contribution in [0.15, 0.2) is 36.5 Å². The first-order valence-electron chi connectivity index (χ1n) is 6.11. The Morgan fingerprint density at radius 2 is 2.20 bits per heavy atom. The molecule has 0 radical (unpaired) electrons. The second-order valence-electron chi connectivity index (χ2n) is 4.20. The molecule has 0 saturated carbocycles. The normalized spacial score (nSPS) is 10.1. The van der Waals surface area contributed by atoms with Crippen LogP contribution in [0.25, 0.3) is 0 Å². The average Bonchev–Trinajstić information content (AvgIpc) is 2.49. The van der Waals surface area contributed by atoms with Crippen LogP contribution in [0.5, 0.6) is 5.88 Å². The number of rotatable bonds is 5. The molecule has 0 aliphatic carbocycles. The summed E-state index contributed by atoms with van der Waals surface area (Å²) in [5.74, 6) is 0.0803. The lowest BCUT2D eigenvalue weighted by atomic mass is 10.1. The molecule has 0 atom stereocenters. The van der Waals surface area contributed by atoms with E-state index in [1.54, 1.807) is 25.4 Å². The van der Waals surface area contributed by atoms with Gasteiger partial charge in [0.1, 0.15) is 11.9 Å². The second-order valence-corrected chi connectivity index (χ2v) is 4.20. The molecule has 0 saturated heterocycles. The molecular formula is C15H14FN3O. The fraction of sp³-hybridized carbons (Fsp3) is 0.200. The number of hydrogen-bond donors (Lipinski definition) is 1. The Morgan fingerprint density at radius 3 is 2.95 bits per heavy atom. The lowest BCUT2D eigenvalue weighted by Gasteiger charge is -2.07. The van der Waals surface area contributed by atoms with Gasteiger partial charge in [0, 0.05) is 30.9 Å². The van der Waals surface area contributed by atoms with Gasteiger partial charge in [-0.1, -0.05) is 12.1 Å². The quantitative estimate of drug-likeness (QED) is 0.907.